The molecule has 0 spiro atoms. The van der Waals surface area contributed by atoms with Crippen molar-refractivity contribution in [3.63, 3.8) is 0 Å². The molecule has 0 saturated heterocycles. The van der Waals surface area contributed by atoms with E-state index in [2.05, 4.69) is 31.3 Å². The Kier molecular flexibility index (Phi) is 4.53. The summed E-state index contributed by atoms with van der Waals surface area (Å²) in [5, 5.41) is 3.47. The zero-order valence-electron chi connectivity index (χ0n) is 11.9. The lowest BCUT2D eigenvalue weighted by Gasteiger charge is -2.16. The van der Waals surface area contributed by atoms with E-state index in [1.165, 1.54) is 11.1 Å². The van der Waals surface area contributed by atoms with Crippen LogP contribution >= 0.6 is 0 Å². The van der Waals surface area contributed by atoms with E-state index < -0.39 is 0 Å². The summed E-state index contributed by atoms with van der Waals surface area (Å²) in [4.78, 5) is 11.2. The molecule has 3 nitrogen and oxygen atoms in total. The van der Waals surface area contributed by atoms with Crippen molar-refractivity contribution in [2.24, 2.45) is 5.73 Å². The number of aryl methyl sites for hydroxylation is 1. The lowest BCUT2D eigenvalue weighted by Crippen LogP contribution is -2.19. The highest BCUT2D eigenvalue weighted by molar-refractivity contribution is 5.92. The third-order valence-electron chi connectivity index (χ3n) is 3.48. The molecule has 2 aromatic rings. The zero-order chi connectivity index (χ0) is 14.5. The van der Waals surface area contributed by atoms with E-state index in [9.17, 15) is 4.79 Å². The predicted octanol–water partition coefficient (Wildman–Crippen LogP) is 2.94. The molecule has 0 fully saturated rings. The summed E-state index contributed by atoms with van der Waals surface area (Å²) in [6.07, 6.45) is 0. The van der Waals surface area contributed by atoms with Gasteiger partial charge >= 0.3 is 0 Å². The Morgan fingerprint density at radius 2 is 1.95 bits per heavy atom. The molecule has 0 heterocycles. The highest BCUT2D eigenvalue weighted by atomic mass is 16.1. The quantitative estimate of drug-likeness (QED) is 0.876. The number of benzene rings is 2. The van der Waals surface area contributed by atoms with Crippen molar-refractivity contribution in [2.75, 3.05) is 0 Å². The van der Waals surface area contributed by atoms with Crippen molar-refractivity contribution < 1.29 is 4.79 Å². The first-order chi connectivity index (χ1) is 9.58. The third-order valence-corrected chi connectivity index (χ3v) is 3.48. The number of primary amides is 1. The normalized spacial score (nSPS) is 12.1. The van der Waals surface area contributed by atoms with Crippen LogP contribution in [-0.4, -0.2) is 5.91 Å². The first-order valence-electron chi connectivity index (χ1n) is 6.75. The standard InChI is InChI=1S/C17H20N2O/c1-12-6-3-4-9-16(12)13(2)19-11-14-7-5-8-15(10-14)17(18)20/h3-10,13,19H,11H2,1-2H3,(H2,18,20)/t13-/m1/s1. The predicted molar refractivity (Wildman–Crippen MR) is 81.4 cm³/mol. The molecule has 0 saturated carbocycles. The van der Waals surface area contributed by atoms with Crippen LogP contribution in [0.1, 0.15) is 40.0 Å². The van der Waals surface area contributed by atoms with Gasteiger partial charge in [0, 0.05) is 18.2 Å². The van der Waals surface area contributed by atoms with Gasteiger partial charge in [0.25, 0.3) is 0 Å². The first-order valence-corrected chi connectivity index (χ1v) is 6.75. The van der Waals surface area contributed by atoms with E-state index in [0.717, 1.165) is 5.56 Å². The van der Waals surface area contributed by atoms with Crippen molar-refractivity contribution in [3.05, 3.63) is 70.8 Å². The minimum atomic E-state index is -0.390. The SMILES string of the molecule is Cc1ccccc1[C@@H](C)NCc1cccc(C(N)=O)c1. The van der Waals surface area contributed by atoms with E-state index in [0.29, 0.717) is 12.1 Å². The Hall–Kier alpha value is -2.13. The van der Waals surface area contributed by atoms with Gasteiger partial charge in [0.15, 0.2) is 0 Å². The number of hydrogen-bond acceptors (Lipinski definition) is 2. The molecule has 0 aliphatic heterocycles. The maximum absolute atomic E-state index is 11.2. The first kappa shape index (κ1) is 14.3. The average molecular weight is 268 g/mol. The van der Waals surface area contributed by atoms with Gasteiger partial charge < -0.3 is 11.1 Å². The Bertz CT molecular complexity index is 607. The minimum absolute atomic E-state index is 0.258. The van der Waals surface area contributed by atoms with Gasteiger partial charge in [-0.1, -0.05) is 36.4 Å². The van der Waals surface area contributed by atoms with E-state index in [1.807, 2.05) is 30.3 Å². The van der Waals surface area contributed by atoms with Crippen molar-refractivity contribution in [1.29, 1.82) is 0 Å². The minimum Gasteiger partial charge on any atom is -0.366 e. The van der Waals surface area contributed by atoms with Crippen LogP contribution in [0.3, 0.4) is 0 Å². The molecule has 1 atom stereocenters. The summed E-state index contributed by atoms with van der Waals surface area (Å²) < 4.78 is 0. The number of rotatable bonds is 5. The fraction of sp³-hybridized carbons (Fsp3) is 0.235. The van der Waals surface area contributed by atoms with E-state index >= 15 is 0 Å². The highest BCUT2D eigenvalue weighted by Gasteiger charge is 2.07. The summed E-state index contributed by atoms with van der Waals surface area (Å²) in [5.41, 5.74) is 9.46. The van der Waals surface area contributed by atoms with Gasteiger partial charge in [0.05, 0.1) is 0 Å². The number of nitrogens with two attached hydrogens (primary N) is 1. The average Bonchev–Trinajstić information content (AvgIpc) is 2.45. The second kappa shape index (κ2) is 6.35. The molecule has 104 valence electrons. The number of carbonyl (C=O) groups is 1. The van der Waals surface area contributed by atoms with Crippen molar-refractivity contribution in [3.8, 4) is 0 Å². The summed E-state index contributed by atoms with van der Waals surface area (Å²) in [6.45, 7) is 4.96. The number of hydrogen-bond donors (Lipinski definition) is 2. The van der Waals surface area contributed by atoms with Crippen molar-refractivity contribution in [1.82, 2.24) is 5.32 Å². The lowest BCUT2D eigenvalue weighted by molar-refractivity contribution is 0.1000. The van der Waals surface area contributed by atoms with Gasteiger partial charge in [-0.25, -0.2) is 0 Å². The molecule has 1 amide bonds. The molecular formula is C17H20N2O. The topological polar surface area (TPSA) is 55.1 Å². The van der Waals surface area contributed by atoms with Crippen molar-refractivity contribution in [2.45, 2.75) is 26.4 Å². The number of carbonyl (C=O) groups excluding carboxylic acids is 1. The second-order valence-electron chi connectivity index (χ2n) is 5.02. The van der Waals surface area contributed by atoms with Crippen molar-refractivity contribution >= 4 is 5.91 Å². The third kappa shape index (κ3) is 3.45. The van der Waals surface area contributed by atoms with Crippen LogP contribution in [0, 0.1) is 6.92 Å². The number of nitrogens with one attached hydrogen (secondary N) is 1. The van der Waals surface area contributed by atoms with Gasteiger partial charge in [-0.2, -0.15) is 0 Å². The summed E-state index contributed by atoms with van der Waals surface area (Å²) in [6, 6.07) is 16.0. The van der Waals surface area contributed by atoms with Gasteiger partial charge in [-0.15, -0.1) is 0 Å². The Morgan fingerprint density at radius 1 is 1.20 bits per heavy atom. The monoisotopic (exact) mass is 268 g/mol. The van der Waals surface area contributed by atoms with Gasteiger partial charge in [0.2, 0.25) is 5.91 Å². The van der Waals surface area contributed by atoms with Crippen LogP contribution in [0.25, 0.3) is 0 Å². The van der Waals surface area contributed by atoms with Crippen LogP contribution in [0.15, 0.2) is 48.5 Å². The number of amides is 1. The molecule has 20 heavy (non-hydrogen) atoms. The molecule has 0 aliphatic rings. The van der Waals surface area contributed by atoms with Crippen LogP contribution in [0.4, 0.5) is 0 Å². The zero-order valence-corrected chi connectivity index (χ0v) is 11.9. The van der Waals surface area contributed by atoms with Gasteiger partial charge in [0.1, 0.15) is 0 Å². The molecule has 2 rings (SSSR count). The molecule has 0 unspecified atom stereocenters. The maximum Gasteiger partial charge on any atom is 0.248 e. The smallest absolute Gasteiger partial charge is 0.248 e. The Balaban J connectivity index is 2.04. The van der Waals surface area contributed by atoms with Crippen LogP contribution < -0.4 is 11.1 Å². The molecule has 3 N–H and O–H groups in total. The van der Waals surface area contributed by atoms with Gasteiger partial charge in [-0.3, -0.25) is 4.79 Å². The summed E-state index contributed by atoms with van der Waals surface area (Å²) in [7, 11) is 0. The fourth-order valence-corrected chi connectivity index (χ4v) is 2.29. The Labute approximate surface area is 119 Å². The van der Waals surface area contributed by atoms with Crippen LogP contribution in [-0.2, 0) is 6.54 Å². The maximum atomic E-state index is 11.2. The highest BCUT2D eigenvalue weighted by Crippen LogP contribution is 2.17. The lowest BCUT2D eigenvalue weighted by atomic mass is 10.0. The Morgan fingerprint density at radius 3 is 2.65 bits per heavy atom. The van der Waals surface area contributed by atoms with E-state index in [1.54, 1.807) is 6.07 Å². The molecule has 3 heteroatoms. The fourth-order valence-electron chi connectivity index (χ4n) is 2.29. The largest absolute Gasteiger partial charge is 0.366 e. The summed E-state index contributed by atoms with van der Waals surface area (Å²) >= 11 is 0. The molecule has 2 aromatic carbocycles. The van der Waals surface area contributed by atoms with E-state index in [4.69, 9.17) is 5.73 Å². The molecule has 0 aromatic heterocycles. The van der Waals surface area contributed by atoms with E-state index in [-0.39, 0.29) is 11.9 Å². The van der Waals surface area contributed by atoms with Crippen LogP contribution in [0.2, 0.25) is 0 Å². The molecular weight excluding hydrogens is 248 g/mol. The molecule has 0 aliphatic carbocycles. The summed E-state index contributed by atoms with van der Waals surface area (Å²) in [5.74, 6) is -0.390. The van der Waals surface area contributed by atoms with Gasteiger partial charge in [-0.05, 0) is 42.7 Å². The molecule has 0 radical (unpaired) electrons. The second-order valence-corrected chi connectivity index (χ2v) is 5.02. The molecule has 0 bridgehead atoms. The van der Waals surface area contributed by atoms with Crippen LogP contribution in [0.5, 0.6) is 0 Å².